The Labute approximate surface area is 161 Å². The van der Waals surface area contributed by atoms with E-state index in [-0.39, 0.29) is 18.1 Å². The standard InChI is InChI=1S/C19H21N5O2S/c1-24-16(11-15(23-24)17-3-2-10-27-17)19(25)22-13-4-6-14(7-5-13)26-18-12-20-8-9-21-18/h2-3,8-14H,4-7H2,1H3,(H,22,25). The summed E-state index contributed by atoms with van der Waals surface area (Å²) >= 11 is 1.62. The molecule has 8 heteroatoms. The van der Waals surface area contributed by atoms with E-state index in [1.807, 2.05) is 23.6 Å². The van der Waals surface area contributed by atoms with Gasteiger partial charge in [-0.2, -0.15) is 5.10 Å². The van der Waals surface area contributed by atoms with Gasteiger partial charge in [0.05, 0.1) is 11.1 Å². The number of carbonyl (C=O) groups excluding carboxylic acids is 1. The van der Waals surface area contributed by atoms with Crippen LogP contribution in [-0.4, -0.2) is 37.8 Å². The second kappa shape index (κ2) is 7.87. The number of amides is 1. The summed E-state index contributed by atoms with van der Waals surface area (Å²) in [5.74, 6) is 0.479. The van der Waals surface area contributed by atoms with Crippen molar-refractivity contribution in [3.8, 4) is 16.5 Å². The van der Waals surface area contributed by atoms with Crippen LogP contribution in [0.5, 0.6) is 5.88 Å². The summed E-state index contributed by atoms with van der Waals surface area (Å²) < 4.78 is 7.50. The van der Waals surface area contributed by atoms with Crippen molar-refractivity contribution >= 4 is 17.2 Å². The first-order valence-corrected chi connectivity index (χ1v) is 9.88. The Morgan fingerprint density at radius 3 is 2.85 bits per heavy atom. The molecule has 1 amide bonds. The molecule has 140 valence electrons. The highest BCUT2D eigenvalue weighted by Gasteiger charge is 2.25. The predicted octanol–water partition coefficient (Wildman–Crippen LogP) is 3.06. The number of thiophene rings is 1. The minimum atomic E-state index is -0.0777. The highest BCUT2D eigenvalue weighted by atomic mass is 32.1. The lowest BCUT2D eigenvalue weighted by Gasteiger charge is -2.29. The van der Waals surface area contributed by atoms with Gasteiger partial charge in [-0.25, -0.2) is 4.98 Å². The number of hydrogen-bond donors (Lipinski definition) is 1. The Morgan fingerprint density at radius 1 is 1.30 bits per heavy atom. The summed E-state index contributed by atoms with van der Waals surface area (Å²) in [4.78, 5) is 21.9. The predicted molar refractivity (Wildman–Crippen MR) is 103 cm³/mol. The molecule has 4 rings (SSSR count). The summed E-state index contributed by atoms with van der Waals surface area (Å²) in [5.41, 5.74) is 1.41. The number of aromatic nitrogens is 4. The second-order valence-electron chi connectivity index (χ2n) is 6.62. The third kappa shape index (κ3) is 4.16. The molecule has 3 aromatic heterocycles. The van der Waals surface area contributed by atoms with Crippen LogP contribution in [-0.2, 0) is 7.05 Å². The molecule has 0 saturated heterocycles. The van der Waals surface area contributed by atoms with E-state index >= 15 is 0 Å². The molecule has 0 aliphatic heterocycles. The van der Waals surface area contributed by atoms with E-state index in [4.69, 9.17) is 4.74 Å². The van der Waals surface area contributed by atoms with Gasteiger partial charge in [0.1, 0.15) is 17.5 Å². The van der Waals surface area contributed by atoms with E-state index in [1.165, 1.54) is 0 Å². The van der Waals surface area contributed by atoms with Crippen LogP contribution in [0.1, 0.15) is 36.2 Å². The molecule has 0 bridgehead atoms. The zero-order valence-electron chi connectivity index (χ0n) is 15.0. The van der Waals surface area contributed by atoms with Gasteiger partial charge in [0.2, 0.25) is 5.88 Å². The van der Waals surface area contributed by atoms with Crippen molar-refractivity contribution in [3.63, 3.8) is 0 Å². The Bertz CT molecular complexity index is 886. The van der Waals surface area contributed by atoms with E-state index in [2.05, 4.69) is 20.4 Å². The van der Waals surface area contributed by atoms with E-state index in [9.17, 15) is 4.79 Å². The minimum Gasteiger partial charge on any atom is -0.473 e. The maximum atomic E-state index is 12.7. The van der Waals surface area contributed by atoms with E-state index < -0.39 is 0 Å². The molecule has 0 unspecified atom stereocenters. The smallest absolute Gasteiger partial charge is 0.269 e. The van der Waals surface area contributed by atoms with Crippen molar-refractivity contribution in [3.05, 3.63) is 47.9 Å². The van der Waals surface area contributed by atoms with Gasteiger partial charge in [0, 0.05) is 25.5 Å². The molecule has 0 radical (unpaired) electrons. The molecule has 1 aliphatic carbocycles. The number of nitrogens with zero attached hydrogens (tertiary/aromatic N) is 4. The topological polar surface area (TPSA) is 81.9 Å². The van der Waals surface area contributed by atoms with Crippen molar-refractivity contribution < 1.29 is 9.53 Å². The Kier molecular flexibility index (Phi) is 5.15. The van der Waals surface area contributed by atoms with Crippen LogP contribution in [0.2, 0.25) is 0 Å². The molecule has 0 spiro atoms. The van der Waals surface area contributed by atoms with Crippen LogP contribution in [0, 0.1) is 0 Å². The zero-order chi connectivity index (χ0) is 18.6. The summed E-state index contributed by atoms with van der Waals surface area (Å²) in [6.45, 7) is 0. The fourth-order valence-electron chi connectivity index (χ4n) is 3.33. The van der Waals surface area contributed by atoms with Crippen LogP contribution in [0.4, 0.5) is 0 Å². The first-order chi connectivity index (χ1) is 13.2. The van der Waals surface area contributed by atoms with Crippen molar-refractivity contribution in [1.82, 2.24) is 25.1 Å². The molecular weight excluding hydrogens is 362 g/mol. The number of ether oxygens (including phenoxy) is 1. The van der Waals surface area contributed by atoms with Crippen molar-refractivity contribution in [2.75, 3.05) is 0 Å². The van der Waals surface area contributed by atoms with Gasteiger partial charge in [-0.15, -0.1) is 11.3 Å². The maximum Gasteiger partial charge on any atom is 0.269 e. The third-order valence-electron chi connectivity index (χ3n) is 4.72. The van der Waals surface area contributed by atoms with Crippen molar-refractivity contribution in [2.45, 2.75) is 37.8 Å². The largest absolute Gasteiger partial charge is 0.473 e. The number of carbonyl (C=O) groups is 1. The molecule has 7 nitrogen and oxygen atoms in total. The number of nitrogens with one attached hydrogen (secondary N) is 1. The Morgan fingerprint density at radius 2 is 2.15 bits per heavy atom. The molecular formula is C19H21N5O2S. The van der Waals surface area contributed by atoms with Crippen molar-refractivity contribution in [2.24, 2.45) is 7.05 Å². The minimum absolute atomic E-state index is 0.0777. The van der Waals surface area contributed by atoms with Gasteiger partial charge < -0.3 is 10.1 Å². The van der Waals surface area contributed by atoms with Gasteiger partial charge in [-0.05, 0) is 43.2 Å². The summed E-state index contributed by atoms with van der Waals surface area (Å²) in [6.07, 6.45) is 8.53. The Hall–Kier alpha value is -2.74. The highest BCUT2D eigenvalue weighted by molar-refractivity contribution is 7.13. The number of rotatable bonds is 5. The average molecular weight is 383 g/mol. The molecule has 27 heavy (non-hydrogen) atoms. The zero-order valence-corrected chi connectivity index (χ0v) is 15.9. The first-order valence-electron chi connectivity index (χ1n) is 9.00. The van der Waals surface area contributed by atoms with Gasteiger partial charge in [-0.3, -0.25) is 14.5 Å². The quantitative estimate of drug-likeness (QED) is 0.732. The fraction of sp³-hybridized carbons (Fsp3) is 0.368. The molecule has 0 aromatic carbocycles. The Balaban J connectivity index is 1.32. The van der Waals surface area contributed by atoms with Gasteiger partial charge in [0.15, 0.2) is 0 Å². The van der Waals surface area contributed by atoms with Crippen LogP contribution in [0.3, 0.4) is 0 Å². The van der Waals surface area contributed by atoms with Crippen LogP contribution in [0.25, 0.3) is 10.6 Å². The normalized spacial score (nSPS) is 19.6. The number of hydrogen-bond acceptors (Lipinski definition) is 6. The lowest BCUT2D eigenvalue weighted by molar-refractivity contribution is 0.0880. The van der Waals surface area contributed by atoms with Crippen LogP contribution >= 0.6 is 11.3 Å². The van der Waals surface area contributed by atoms with E-state index in [0.29, 0.717) is 11.6 Å². The van der Waals surface area contributed by atoms with Crippen LogP contribution in [0.15, 0.2) is 42.2 Å². The fourth-order valence-corrected chi connectivity index (χ4v) is 4.01. The molecule has 1 saturated carbocycles. The molecule has 1 fully saturated rings. The molecule has 1 aliphatic rings. The lowest BCUT2D eigenvalue weighted by Crippen LogP contribution is -2.40. The molecule has 3 heterocycles. The number of aryl methyl sites for hydroxylation is 1. The molecule has 3 aromatic rings. The van der Waals surface area contributed by atoms with Gasteiger partial charge in [-0.1, -0.05) is 6.07 Å². The lowest BCUT2D eigenvalue weighted by atomic mass is 9.93. The van der Waals surface area contributed by atoms with Gasteiger partial charge in [0.25, 0.3) is 5.91 Å². The first kappa shape index (κ1) is 17.7. The maximum absolute atomic E-state index is 12.7. The molecule has 1 N–H and O–H groups in total. The second-order valence-corrected chi connectivity index (χ2v) is 7.57. The van der Waals surface area contributed by atoms with E-state index in [1.54, 1.807) is 41.7 Å². The molecule has 0 atom stereocenters. The van der Waals surface area contributed by atoms with Gasteiger partial charge >= 0.3 is 0 Å². The summed E-state index contributed by atoms with van der Waals surface area (Å²) in [7, 11) is 1.80. The van der Waals surface area contributed by atoms with Crippen LogP contribution < -0.4 is 10.1 Å². The van der Waals surface area contributed by atoms with Crippen molar-refractivity contribution in [1.29, 1.82) is 0 Å². The monoisotopic (exact) mass is 383 g/mol. The third-order valence-corrected chi connectivity index (χ3v) is 5.61. The van der Waals surface area contributed by atoms with E-state index in [0.717, 1.165) is 36.3 Å². The SMILES string of the molecule is Cn1nc(-c2cccs2)cc1C(=O)NC1CCC(Oc2cnccn2)CC1. The summed E-state index contributed by atoms with van der Waals surface area (Å²) in [6, 6.07) is 5.99. The summed E-state index contributed by atoms with van der Waals surface area (Å²) in [5, 5.41) is 9.60. The highest BCUT2D eigenvalue weighted by Crippen LogP contribution is 2.25. The average Bonchev–Trinajstić information content (AvgIpc) is 3.34.